The second-order valence-corrected chi connectivity index (χ2v) is 6.07. The van der Waals surface area contributed by atoms with Crippen LogP contribution in [0.2, 0.25) is 0 Å². The monoisotopic (exact) mass is 356 g/mol. The van der Waals surface area contributed by atoms with Gasteiger partial charge in [0.05, 0.1) is 12.7 Å². The van der Waals surface area contributed by atoms with Crippen LogP contribution in [0, 0.1) is 25.5 Å². The van der Waals surface area contributed by atoms with Crippen LogP contribution in [-0.4, -0.2) is 20.9 Å². The molecule has 0 aliphatic heterocycles. The molecule has 3 aromatic rings. The Balaban J connectivity index is 1.67. The van der Waals surface area contributed by atoms with E-state index in [-0.39, 0.29) is 17.8 Å². The largest absolute Gasteiger partial charge is 0.346 e. The van der Waals surface area contributed by atoms with E-state index < -0.39 is 17.5 Å². The molecule has 0 aliphatic rings. The lowest BCUT2D eigenvalue weighted by Gasteiger charge is -2.08. The minimum absolute atomic E-state index is 0.0899. The topological polar surface area (TPSA) is 59.8 Å². The zero-order valence-electron chi connectivity index (χ0n) is 14.5. The lowest BCUT2D eigenvalue weighted by atomic mass is 10.1. The number of nitrogens with zero attached hydrogens (tertiary/aromatic N) is 3. The minimum atomic E-state index is -0.698. The Morgan fingerprint density at radius 3 is 2.65 bits per heavy atom. The van der Waals surface area contributed by atoms with Gasteiger partial charge >= 0.3 is 0 Å². The van der Waals surface area contributed by atoms with Gasteiger partial charge in [-0.05, 0) is 36.6 Å². The van der Waals surface area contributed by atoms with Crippen molar-refractivity contribution in [3.8, 4) is 0 Å². The van der Waals surface area contributed by atoms with Gasteiger partial charge in [0.15, 0.2) is 5.69 Å². The lowest BCUT2D eigenvalue weighted by Crippen LogP contribution is -2.24. The van der Waals surface area contributed by atoms with Gasteiger partial charge in [-0.2, -0.15) is 0 Å². The maximum Gasteiger partial charge on any atom is 0.273 e. The number of carbonyl (C=O) groups excluding carboxylic acids is 1. The van der Waals surface area contributed by atoms with Crippen molar-refractivity contribution in [1.29, 1.82) is 0 Å². The van der Waals surface area contributed by atoms with Gasteiger partial charge in [-0.25, -0.2) is 13.5 Å². The Morgan fingerprint density at radius 1 is 1.12 bits per heavy atom. The Labute approximate surface area is 149 Å². The zero-order chi connectivity index (χ0) is 18.7. The molecule has 0 atom stereocenters. The molecule has 0 aliphatic carbocycles. The molecule has 1 heterocycles. The molecular formula is C19H18F2N4O. The van der Waals surface area contributed by atoms with E-state index in [0.29, 0.717) is 12.1 Å². The normalized spacial score (nSPS) is 10.8. The summed E-state index contributed by atoms with van der Waals surface area (Å²) in [6, 6.07) is 10.4. The smallest absolute Gasteiger partial charge is 0.273 e. The second kappa shape index (κ2) is 7.43. The number of halogens is 2. The summed E-state index contributed by atoms with van der Waals surface area (Å²) < 4.78 is 29.3. The van der Waals surface area contributed by atoms with Crippen LogP contribution < -0.4 is 5.32 Å². The summed E-state index contributed by atoms with van der Waals surface area (Å²) in [5.41, 5.74) is 2.41. The molecule has 134 valence electrons. The summed E-state index contributed by atoms with van der Waals surface area (Å²) in [5, 5.41) is 10.2. The predicted molar refractivity (Wildman–Crippen MR) is 92.6 cm³/mol. The van der Waals surface area contributed by atoms with Gasteiger partial charge in [0.2, 0.25) is 0 Å². The molecule has 0 bridgehead atoms. The first-order valence-electron chi connectivity index (χ1n) is 8.12. The number of hydrogen-bond donors (Lipinski definition) is 1. The molecule has 1 amide bonds. The predicted octanol–water partition coefficient (Wildman–Crippen LogP) is 3.15. The molecule has 26 heavy (non-hydrogen) atoms. The highest BCUT2D eigenvalue weighted by molar-refractivity contribution is 5.91. The van der Waals surface area contributed by atoms with Crippen molar-refractivity contribution >= 4 is 5.91 Å². The van der Waals surface area contributed by atoms with Crippen LogP contribution >= 0.6 is 0 Å². The van der Waals surface area contributed by atoms with E-state index in [9.17, 15) is 13.6 Å². The summed E-state index contributed by atoms with van der Waals surface area (Å²) in [7, 11) is 0. The average molecular weight is 356 g/mol. The molecule has 0 unspecified atom stereocenters. The van der Waals surface area contributed by atoms with Gasteiger partial charge in [-0.1, -0.05) is 35.5 Å². The van der Waals surface area contributed by atoms with Crippen LogP contribution in [0.3, 0.4) is 0 Å². The Hall–Kier alpha value is -3.09. The Morgan fingerprint density at radius 2 is 1.88 bits per heavy atom. The number of nitrogens with one attached hydrogen (secondary N) is 1. The van der Waals surface area contributed by atoms with Gasteiger partial charge in [-0.15, -0.1) is 5.10 Å². The Kier molecular flexibility index (Phi) is 5.06. The van der Waals surface area contributed by atoms with Crippen LogP contribution in [0.15, 0.2) is 42.6 Å². The van der Waals surface area contributed by atoms with Gasteiger partial charge in [0, 0.05) is 12.1 Å². The van der Waals surface area contributed by atoms with Crippen molar-refractivity contribution in [3.63, 3.8) is 0 Å². The van der Waals surface area contributed by atoms with Crippen molar-refractivity contribution in [2.75, 3.05) is 0 Å². The standard InChI is InChI=1S/C19H18F2N4O/c1-12-5-3-4-6-14(12)10-25-11-17(23-24-25)19(26)22-9-15-16(20)8-7-13(2)18(15)21/h3-8,11H,9-10H2,1-2H3,(H,22,26). The fourth-order valence-corrected chi connectivity index (χ4v) is 2.58. The van der Waals surface area contributed by atoms with E-state index in [2.05, 4.69) is 15.6 Å². The molecule has 1 aromatic heterocycles. The van der Waals surface area contributed by atoms with Crippen molar-refractivity contribution < 1.29 is 13.6 Å². The summed E-state index contributed by atoms with van der Waals surface area (Å²) in [6.45, 7) is 3.75. The van der Waals surface area contributed by atoms with E-state index in [1.165, 1.54) is 25.3 Å². The highest BCUT2D eigenvalue weighted by Gasteiger charge is 2.15. The molecule has 0 radical (unpaired) electrons. The SMILES string of the molecule is Cc1ccccc1Cn1cc(C(=O)NCc2c(F)ccc(C)c2F)nn1. The van der Waals surface area contributed by atoms with Crippen LogP contribution in [0.5, 0.6) is 0 Å². The molecule has 0 fully saturated rings. The molecular weight excluding hydrogens is 338 g/mol. The van der Waals surface area contributed by atoms with E-state index in [4.69, 9.17) is 0 Å². The highest BCUT2D eigenvalue weighted by Crippen LogP contribution is 2.16. The third kappa shape index (κ3) is 3.77. The summed E-state index contributed by atoms with van der Waals surface area (Å²) >= 11 is 0. The van der Waals surface area contributed by atoms with Gasteiger partial charge in [0.1, 0.15) is 11.6 Å². The van der Waals surface area contributed by atoms with E-state index >= 15 is 0 Å². The third-order valence-corrected chi connectivity index (χ3v) is 4.17. The number of carbonyl (C=O) groups is 1. The molecule has 1 N–H and O–H groups in total. The van der Waals surface area contributed by atoms with E-state index in [1.54, 1.807) is 4.68 Å². The number of amides is 1. The summed E-state index contributed by atoms with van der Waals surface area (Å²) in [6.07, 6.45) is 1.50. The number of aromatic nitrogens is 3. The van der Waals surface area contributed by atoms with Crippen molar-refractivity contribution in [3.05, 3.63) is 82.2 Å². The number of benzene rings is 2. The van der Waals surface area contributed by atoms with Crippen LogP contribution in [0.1, 0.15) is 32.7 Å². The van der Waals surface area contributed by atoms with E-state index in [0.717, 1.165) is 11.1 Å². The van der Waals surface area contributed by atoms with Gasteiger partial charge < -0.3 is 5.32 Å². The third-order valence-electron chi connectivity index (χ3n) is 4.17. The summed E-state index contributed by atoms with van der Waals surface area (Å²) in [4.78, 5) is 12.2. The van der Waals surface area contributed by atoms with Crippen molar-refractivity contribution in [2.45, 2.75) is 26.9 Å². The highest BCUT2D eigenvalue weighted by atomic mass is 19.1. The Bertz CT molecular complexity index is 952. The first-order valence-corrected chi connectivity index (χ1v) is 8.12. The molecule has 7 heteroatoms. The number of hydrogen-bond acceptors (Lipinski definition) is 3. The van der Waals surface area contributed by atoms with Gasteiger partial charge in [-0.3, -0.25) is 4.79 Å². The number of aryl methyl sites for hydroxylation is 2. The van der Waals surface area contributed by atoms with Gasteiger partial charge in [0.25, 0.3) is 5.91 Å². The molecule has 0 saturated carbocycles. The molecule has 5 nitrogen and oxygen atoms in total. The second-order valence-electron chi connectivity index (χ2n) is 6.07. The van der Waals surface area contributed by atoms with Crippen LogP contribution in [0.4, 0.5) is 8.78 Å². The zero-order valence-corrected chi connectivity index (χ0v) is 14.5. The van der Waals surface area contributed by atoms with E-state index in [1.807, 2.05) is 31.2 Å². The lowest BCUT2D eigenvalue weighted by molar-refractivity contribution is 0.0945. The van der Waals surface area contributed by atoms with Crippen LogP contribution in [-0.2, 0) is 13.1 Å². The average Bonchev–Trinajstić information content (AvgIpc) is 3.09. The fourth-order valence-electron chi connectivity index (χ4n) is 2.58. The van der Waals surface area contributed by atoms with Crippen molar-refractivity contribution in [1.82, 2.24) is 20.3 Å². The maximum atomic E-state index is 14.0. The molecule has 3 rings (SSSR count). The fraction of sp³-hybridized carbons (Fsp3) is 0.211. The number of rotatable bonds is 5. The molecule has 0 saturated heterocycles. The molecule has 0 spiro atoms. The van der Waals surface area contributed by atoms with Crippen molar-refractivity contribution in [2.24, 2.45) is 0 Å². The first kappa shape index (κ1) is 17.7. The quantitative estimate of drug-likeness (QED) is 0.764. The summed E-state index contributed by atoms with van der Waals surface area (Å²) in [5.74, 6) is -1.90. The van der Waals surface area contributed by atoms with Crippen LogP contribution in [0.25, 0.3) is 0 Å². The maximum absolute atomic E-state index is 14.0. The molecule has 2 aromatic carbocycles. The first-order chi connectivity index (χ1) is 12.5. The minimum Gasteiger partial charge on any atom is -0.346 e.